The molecule has 0 saturated carbocycles. The van der Waals surface area contributed by atoms with Gasteiger partial charge in [0, 0.05) is 38.4 Å². The van der Waals surface area contributed by atoms with Crippen molar-refractivity contribution in [1.29, 1.82) is 0 Å². The Balaban J connectivity index is 1.33. The Labute approximate surface area is 196 Å². The monoisotopic (exact) mass is 477 g/mol. The van der Waals surface area contributed by atoms with E-state index in [0.29, 0.717) is 6.54 Å². The number of benzene rings is 1. The van der Waals surface area contributed by atoms with E-state index in [4.69, 9.17) is 4.52 Å². The van der Waals surface area contributed by atoms with Gasteiger partial charge in [-0.2, -0.15) is 4.72 Å². The van der Waals surface area contributed by atoms with Gasteiger partial charge in [-0.25, -0.2) is 8.42 Å². The molecular formula is C23H35N5O4S. The van der Waals surface area contributed by atoms with Crippen molar-refractivity contribution in [2.45, 2.75) is 51.5 Å². The molecule has 0 radical (unpaired) electrons. The maximum absolute atomic E-state index is 12.5. The van der Waals surface area contributed by atoms with Gasteiger partial charge in [-0.3, -0.25) is 9.69 Å². The van der Waals surface area contributed by atoms with Gasteiger partial charge in [0.15, 0.2) is 5.76 Å². The molecule has 33 heavy (non-hydrogen) atoms. The molecule has 2 heterocycles. The highest BCUT2D eigenvalue weighted by molar-refractivity contribution is 7.89. The summed E-state index contributed by atoms with van der Waals surface area (Å²) < 4.78 is 32.4. The number of carbonyl (C=O) groups is 1. The SMILES string of the molecule is Cc1cccc(N2CCN(CCCCNC(=O)[C@H](C)NS(=O)(=O)c3c(C)noc3C)CC2)c1. The molecule has 1 aliphatic heterocycles. The Bertz CT molecular complexity index is 1030. The van der Waals surface area contributed by atoms with E-state index in [1.165, 1.54) is 25.1 Å². The lowest BCUT2D eigenvalue weighted by Gasteiger charge is -2.36. The number of aryl methyl sites for hydroxylation is 3. The third-order valence-electron chi connectivity index (χ3n) is 5.90. The number of hydrogen-bond donors (Lipinski definition) is 2. The predicted octanol–water partition coefficient (Wildman–Crippen LogP) is 1.99. The molecule has 1 amide bonds. The van der Waals surface area contributed by atoms with Crippen LogP contribution >= 0.6 is 0 Å². The third kappa shape index (κ3) is 6.78. The molecule has 9 nitrogen and oxygen atoms in total. The maximum atomic E-state index is 12.5. The van der Waals surface area contributed by atoms with Crippen LogP contribution in [0.4, 0.5) is 5.69 Å². The zero-order chi connectivity index (χ0) is 24.0. The minimum Gasteiger partial charge on any atom is -0.369 e. The summed E-state index contributed by atoms with van der Waals surface area (Å²) in [6.07, 6.45) is 1.82. The first-order valence-electron chi connectivity index (χ1n) is 11.4. The number of unbranched alkanes of at least 4 members (excludes halogenated alkanes) is 1. The van der Waals surface area contributed by atoms with Crippen LogP contribution < -0.4 is 14.9 Å². The van der Waals surface area contributed by atoms with Crippen molar-refractivity contribution >= 4 is 21.6 Å². The van der Waals surface area contributed by atoms with Crippen LogP contribution in [0.3, 0.4) is 0 Å². The number of nitrogens with one attached hydrogen (secondary N) is 2. The lowest BCUT2D eigenvalue weighted by atomic mass is 10.2. The molecule has 1 fully saturated rings. The minimum absolute atomic E-state index is 0.00959. The lowest BCUT2D eigenvalue weighted by molar-refractivity contribution is -0.122. The maximum Gasteiger partial charge on any atom is 0.246 e. The van der Waals surface area contributed by atoms with E-state index in [1.807, 2.05) is 0 Å². The van der Waals surface area contributed by atoms with E-state index < -0.39 is 16.1 Å². The number of hydrogen-bond acceptors (Lipinski definition) is 7. The standard InChI is InChI=1S/C23H35N5O4S/c1-17-8-7-9-21(16-17)28-14-12-27(13-15-28)11-6-5-10-24-23(29)19(3)26-33(30,31)22-18(2)25-32-20(22)4/h7-9,16,19,26H,5-6,10-15H2,1-4H3,(H,24,29)/t19-/m0/s1. The van der Waals surface area contributed by atoms with E-state index in [-0.39, 0.29) is 22.3 Å². The number of sulfonamides is 1. The summed E-state index contributed by atoms with van der Waals surface area (Å²) in [7, 11) is -3.88. The summed E-state index contributed by atoms with van der Waals surface area (Å²) >= 11 is 0. The first kappa shape index (κ1) is 25.2. The average Bonchev–Trinajstić information content (AvgIpc) is 3.12. The summed E-state index contributed by atoms with van der Waals surface area (Å²) in [6.45, 7) is 12.3. The van der Waals surface area contributed by atoms with Gasteiger partial charge in [-0.15, -0.1) is 0 Å². The normalized spacial score (nSPS) is 16.1. The molecule has 2 N–H and O–H groups in total. The van der Waals surface area contributed by atoms with Crippen molar-refractivity contribution in [3.05, 3.63) is 41.3 Å². The molecular weight excluding hydrogens is 442 g/mol. The number of rotatable bonds is 10. The van der Waals surface area contributed by atoms with Gasteiger partial charge in [0.2, 0.25) is 15.9 Å². The fourth-order valence-electron chi connectivity index (χ4n) is 4.08. The minimum atomic E-state index is -3.88. The summed E-state index contributed by atoms with van der Waals surface area (Å²) in [6, 6.07) is 7.73. The van der Waals surface area contributed by atoms with Gasteiger partial charge >= 0.3 is 0 Å². The highest BCUT2D eigenvalue weighted by Gasteiger charge is 2.28. The topological polar surface area (TPSA) is 108 Å². The molecule has 3 rings (SSSR count). The Morgan fingerprint density at radius 2 is 1.88 bits per heavy atom. The summed E-state index contributed by atoms with van der Waals surface area (Å²) in [4.78, 5) is 17.2. The molecule has 1 aromatic heterocycles. The van der Waals surface area contributed by atoms with Crippen molar-refractivity contribution in [3.8, 4) is 0 Å². The van der Waals surface area contributed by atoms with Crippen molar-refractivity contribution in [2.24, 2.45) is 0 Å². The van der Waals surface area contributed by atoms with Crippen LogP contribution in [0.25, 0.3) is 0 Å². The molecule has 1 saturated heterocycles. The molecule has 182 valence electrons. The van der Waals surface area contributed by atoms with Crippen molar-refractivity contribution < 1.29 is 17.7 Å². The van der Waals surface area contributed by atoms with E-state index in [2.05, 4.69) is 56.2 Å². The summed E-state index contributed by atoms with van der Waals surface area (Å²) in [5.41, 5.74) is 2.84. The average molecular weight is 478 g/mol. The molecule has 10 heteroatoms. The van der Waals surface area contributed by atoms with Crippen molar-refractivity contribution in [3.63, 3.8) is 0 Å². The molecule has 0 spiro atoms. The molecule has 1 aliphatic rings. The first-order chi connectivity index (χ1) is 15.7. The Morgan fingerprint density at radius 1 is 1.15 bits per heavy atom. The van der Waals surface area contributed by atoms with Crippen LogP contribution in [0.1, 0.15) is 36.8 Å². The van der Waals surface area contributed by atoms with Crippen LogP contribution in [0.2, 0.25) is 0 Å². The van der Waals surface area contributed by atoms with Crippen LogP contribution in [0, 0.1) is 20.8 Å². The first-order valence-corrected chi connectivity index (χ1v) is 12.9. The lowest BCUT2D eigenvalue weighted by Crippen LogP contribution is -2.47. The fourth-order valence-corrected chi connectivity index (χ4v) is 5.62. The van der Waals surface area contributed by atoms with E-state index in [9.17, 15) is 13.2 Å². The van der Waals surface area contributed by atoms with Crippen molar-refractivity contribution in [1.82, 2.24) is 20.1 Å². The molecule has 1 aromatic carbocycles. The summed E-state index contributed by atoms with van der Waals surface area (Å²) in [5, 5.41) is 6.48. The summed E-state index contributed by atoms with van der Waals surface area (Å²) in [5.74, 6) is -0.149. The Hall–Kier alpha value is -2.43. The van der Waals surface area contributed by atoms with E-state index in [1.54, 1.807) is 6.92 Å². The highest BCUT2D eigenvalue weighted by Crippen LogP contribution is 2.19. The van der Waals surface area contributed by atoms with Crippen LogP contribution in [-0.2, 0) is 14.8 Å². The van der Waals surface area contributed by atoms with Gasteiger partial charge in [0.05, 0.1) is 6.04 Å². The fraction of sp³-hybridized carbons (Fsp3) is 0.565. The van der Waals surface area contributed by atoms with Crippen LogP contribution in [0.5, 0.6) is 0 Å². The number of carbonyl (C=O) groups excluding carboxylic acids is 1. The molecule has 0 aliphatic carbocycles. The van der Waals surface area contributed by atoms with Crippen LogP contribution in [-0.4, -0.2) is 69.7 Å². The second-order valence-corrected chi connectivity index (χ2v) is 10.3. The zero-order valence-electron chi connectivity index (χ0n) is 19.9. The second kappa shape index (κ2) is 11.1. The second-order valence-electron chi connectivity index (χ2n) is 8.66. The van der Waals surface area contributed by atoms with Gasteiger partial charge in [0.25, 0.3) is 0 Å². The van der Waals surface area contributed by atoms with Crippen molar-refractivity contribution in [2.75, 3.05) is 44.2 Å². The quantitative estimate of drug-likeness (QED) is 0.504. The molecule has 0 bridgehead atoms. The van der Waals surface area contributed by atoms with Gasteiger partial charge in [-0.1, -0.05) is 17.3 Å². The van der Waals surface area contributed by atoms with E-state index >= 15 is 0 Å². The number of nitrogens with zero attached hydrogens (tertiary/aromatic N) is 3. The van der Waals surface area contributed by atoms with Gasteiger partial charge < -0.3 is 14.7 Å². The molecule has 1 atom stereocenters. The molecule has 0 unspecified atom stereocenters. The highest BCUT2D eigenvalue weighted by atomic mass is 32.2. The number of aromatic nitrogens is 1. The smallest absolute Gasteiger partial charge is 0.246 e. The number of anilines is 1. The van der Waals surface area contributed by atoms with Gasteiger partial charge in [0.1, 0.15) is 10.6 Å². The van der Waals surface area contributed by atoms with Crippen LogP contribution in [0.15, 0.2) is 33.7 Å². The molecule has 2 aromatic rings. The van der Waals surface area contributed by atoms with E-state index in [0.717, 1.165) is 45.6 Å². The zero-order valence-corrected chi connectivity index (χ0v) is 20.7. The Kier molecular flexibility index (Phi) is 8.50. The Morgan fingerprint density at radius 3 is 2.52 bits per heavy atom. The number of piperazine rings is 1. The van der Waals surface area contributed by atoms with Gasteiger partial charge in [-0.05, 0) is 64.8 Å². The largest absolute Gasteiger partial charge is 0.369 e. The number of amides is 1. The third-order valence-corrected chi connectivity index (χ3v) is 7.69. The predicted molar refractivity (Wildman–Crippen MR) is 128 cm³/mol.